The molecule has 1 aromatic rings. The summed E-state index contributed by atoms with van der Waals surface area (Å²) in [5, 5.41) is 4.43. The molecule has 0 spiro atoms. The van der Waals surface area contributed by atoms with Gasteiger partial charge in [-0.1, -0.05) is 6.92 Å². The molecule has 1 aliphatic heterocycles. The zero-order chi connectivity index (χ0) is 14.9. The van der Waals surface area contributed by atoms with Crippen LogP contribution < -0.4 is 5.73 Å². The first-order valence-electron chi connectivity index (χ1n) is 7.47. The summed E-state index contributed by atoms with van der Waals surface area (Å²) >= 11 is 0. The predicted octanol–water partition coefficient (Wildman–Crippen LogP) is 1.65. The van der Waals surface area contributed by atoms with Crippen molar-refractivity contribution in [1.29, 1.82) is 0 Å². The first-order valence-corrected chi connectivity index (χ1v) is 7.47. The quantitative estimate of drug-likeness (QED) is 0.914. The molecule has 2 N–H and O–H groups in total. The van der Waals surface area contributed by atoms with Crippen LogP contribution in [0.3, 0.4) is 0 Å². The molecule has 1 aliphatic rings. The number of carbonyl (C=O) groups is 1. The van der Waals surface area contributed by atoms with E-state index in [2.05, 4.69) is 12.0 Å². The Balaban J connectivity index is 2.15. The molecule has 2 heterocycles. The van der Waals surface area contributed by atoms with E-state index < -0.39 is 0 Å². The fourth-order valence-corrected chi connectivity index (χ4v) is 3.15. The van der Waals surface area contributed by atoms with Gasteiger partial charge in [-0.15, -0.1) is 0 Å². The average Bonchev–Trinajstić information content (AvgIpc) is 2.75. The topological polar surface area (TPSA) is 64.2 Å². The second-order valence-corrected chi connectivity index (χ2v) is 6.10. The van der Waals surface area contributed by atoms with Gasteiger partial charge in [0.2, 0.25) is 5.91 Å². The number of amides is 1. The van der Waals surface area contributed by atoms with Crippen LogP contribution in [0, 0.1) is 19.8 Å². The molecule has 1 fully saturated rings. The Morgan fingerprint density at radius 1 is 1.55 bits per heavy atom. The van der Waals surface area contributed by atoms with E-state index in [1.165, 1.54) is 0 Å². The molecular weight excluding hydrogens is 252 g/mol. The second-order valence-electron chi connectivity index (χ2n) is 6.10. The maximum absolute atomic E-state index is 12.7. The summed E-state index contributed by atoms with van der Waals surface area (Å²) in [5.74, 6) is 0.787. The summed E-state index contributed by atoms with van der Waals surface area (Å²) in [5.41, 5.74) is 7.83. The number of aromatic nitrogens is 2. The van der Waals surface area contributed by atoms with Crippen molar-refractivity contribution in [2.24, 2.45) is 11.7 Å². The third kappa shape index (κ3) is 2.87. The van der Waals surface area contributed by atoms with Gasteiger partial charge >= 0.3 is 0 Å². The molecule has 0 aliphatic carbocycles. The monoisotopic (exact) mass is 278 g/mol. The van der Waals surface area contributed by atoms with Crippen LogP contribution in [0.1, 0.15) is 44.1 Å². The molecular formula is C15H26N4O. The summed E-state index contributed by atoms with van der Waals surface area (Å²) in [4.78, 5) is 14.7. The minimum absolute atomic E-state index is 0.138. The number of carbonyl (C=O) groups excluding carboxylic acids is 1. The number of hydrogen-bond donors (Lipinski definition) is 1. The highest BCUT2D eigenvalue weighted by atomic mass is 16.2. The fourth-order valence-electron chi connectivity index (χ4n) is 3.15. The van der Waals surface area contributed by atoms with Gasteiger partial charge in [0.1, 0.15) is 6.04 Å². The normalized spacial score (nSPS) is 24.8. The largest absolute Gasteiger partial charge is 0.337 e. The van der Waals surface area contributed by atoms with Crippen molar-refractivity contribution in [2.75, 3.05) is 13.1 Å². The van der Waals surface area contributed by atoms with Crippen molar-refractivity contribution in [2.45, 2.75) is 52.6 Å². The van der Waals surface area contributed by atoms with Gasteiger partial charge < -0.3 is 10.6 Å². The molecule has 3 atom stereocenters. The van der Waals surface area contributed by atoms with Crippen LogP contribution in [-0.4, -0.2) is 39.7 Å². The third-order valence-corrected chi connectivity index (χ3v) is 4.30. The Morgan fingerprint density at radius 3 is 2.80 bits per heavy atom. The summed E-state index contributed by atoms with van der Waals surface area (Å²) in [6.45, 7) is 9.45. The van der Waals surface area contributed by atoms with Crippen LogP contribution >= 0.6 is 0 Å². The van der Waals surface area contributed by atoms with Crippen LogP contribution in [0.2, 0.25) is 0 Å². The van der Waals surface area contributed by atoms with Gasteiger partial charge in [0.15, 0.2) is 0 Å². The maximum atomic E-state index is 12.7. The van der Waals surface area contributed by atoms with Crippen LogP contribution in [0.4, 0.5) is 0 Å². The first-order chi connectivity index (χ1) is 9.43. The number of nitrogens with two attached hydrogens (primary N) is 1. The molecule has 2 rings (SSSR count). The zero-order valence-corrected chi connectivity index (χ0v) is 13.0. The summed E-state index contributed by atoms with van der Waals surface area (Å²) in [6, 6.07) is 1.92. The Labute approximate surface area is 121 Å². The lowest BCUT2D eigenvalue weighted by atomic mass is 9.92. The van der Waals surface area contributed by atoms with E-state index in [0.717, 1.165) is 30.8 Å². The van der Waals surface area contributed by atoms with E-state index in [1.54, 1.807) is 0 Å². The lowest BCUT2D eigenvalue weighted by molar-refractivity contribution is -0.138. The zero-order valence-electron chi connectivity index (χ0n) is 13.0. The van der Waals surface area contributed by atoms with Crippen LogP contribution in [-0.2, 0) is 4.79 Å². The van der Waals surface area contributed by atoms with Crippen molar-refractivity contribution in [3.63, 3.8) is 0 Å². The maximum Gasteiger partial charge on any atom is 0.247 e. The predicted molar refractivity (Wildman–Crippen MR) is 79.4 cm³/mol. The Kier molecular flexibility index (Phi) is 4.48. The van der Waals surface area contributed by atoms with Crippen molar-refractivity contribution in [1.82, 2.24) is 14.7 Å². The number of hydrogen-bond acceptors (Lipinski definition) is 3. The van der Waals surface area contributed by atoms with Gasteiger partial charge in [-0.3, -0.25) is 9.48 Å². The molecule has 1 saturated heterocycles. The molecule has 5 nitrogen and oxygen atoms in total. The van der Waals surface area contributed by atoms with Gasteiger partial charge in [0.05, 0.1) is 5.69 Å². The molecule has 112 valence electrons. The van der Waals surface area contributed by atoms with E-state index >= 15 is 0 Å². The number of likely N-dealkylation sites (tertiary alicyclic amines) is 1. The standard InChI is InChI=1S/C15H26N4O/c1-10-5-6-18(14(7-10)9-16)15(20)13(4)19-12(3)8-11(2)17-19/h8,10,13-14H,5-7,9,16H2,1-4H3. The number of aryl methyl sites for hydroxylation is 2. The van der Waals surface area contributed by atoms with Crippen molar-refractivity contribution in [3.05, 3.63) is 17.5 Å². The number of nitrogens with zero attached hydrogens (tertiary/aromatic N) is 3. The number of rotatable bonds is 3. The molecule has 0 saturated carbocycles. The van der Waals surface area contributed by atoms with Crippen LogP contribution in [0.5, 0.6) is 0 Å². The fraction of sp³-hybridized carbons (Fsp3) is 0.733. The van der Waals surface area contributed by atoms with Crippen molar-refractivity contribution < 1.29 is 4.79 Å². The summed E-state index contributed by atoms with van der Waals surface area (Å²) in [6.07, 6.45) is 2.07. The molecule has 0 aromatic carbocycles. The highest BCUT2D eigenvalue weighted by Crippen LogP contribution is 2.25. The SMILES string of the molecule is Cc1cc(C)n(C(C)C(=O)N2CCC(C)CC2CN)n1. The molecule has 0 bridgehead atoms. The molecule has 0 radical (unpaired) electrons. The molecule has 1 aromatic heterocycles. The second kappa shape index (κ2) is 5.95. The molecule has 20 heavy (non-hydrogen) atoms. The van der Waals surface area contributed by atoms with Gasteiger partial charge in [-0.2, -0.15) is 5.10 Å². The average molecular weight is 278 g/mol. The summed E-state index contributed by atoms with van der Waals surface area (Å²) in [7, 11) is 0. The first kappa shape index (κ1) is 15.0. The van der Waals surface area contributed by atoms with Crippen molar-refractivity contribution >= 4 is 5.91 Å². The lowest BCUT2D eigenvalue weighted by Crippen LogP contribution is -2.51. The Hall–Kier alpha value is -1.36. The highest BCUT2D eigenvalue weighted by molar-refractivity contribution is 5.80. The molecule has 5 heteroatoms. The lowest BCUT2D eigenvalue weighted by Gasteiger charge is -2.39. The van der Waals surface area contributed by atoms with Crippen LogP contribution in [0.15, 0.2) is 6.07 Å². The van der Waals surface area contributed by atoms with Crippen molar-refractivity contribution in [3.8, 4) is 0 Å². The Bertz CT molecular complexity index is 482. The van der Waals surface area contributed by atoms with Gasteiger partial charge in [0, 0.05) is 24.8 Å². The van der Waals surface area contributed by atoms with E-state index in [0.29, 0.717) is 12.5 Å². The van der Waals surface area contributed by atoms with Gasteiger partial charge in [0.25, 0.3) is 0 Å². The Morgan fingerprint density at radius 2 is 2.25 bits per heavy atom. The van der Waals surface area contributed by atoms with E-state index in [9.17, 15) is 4.79 Å². The highest BCUT2D eigenvalue weighted by Gasteiger charge is 2.32. The van der Waals surface area contributed by atoms with E-state index in [1.807, 2.05) is 36.4 Å². The van der Waals surface area contributed by atoms with Gasteiger partial charge in [-0.05, 0) is 45.6 Å². The molecule has 3 unspecified atom stereocenters. The van der Waals surface area contributed by atoms with E-state index in [4.69, 9.17) is 5.73 Å². The summed E-state index contributed by atoms with van der Waals surface area (Å²) < 4.78 is 1.82. The van der Waals surface area contributed by atoms with Gasteiger partial charge in [-0.25, -0.2) is 0 Å². The van der Waals surface area contributed by atoms with Crippen LogP contribution in [0.25, 0.3) is 0 Å². The third-order valence-electron chi connectivity index (χ3n) is 4.30. The van der Waals surface area contributed by atoms with E-state index in [-0.39, 0.29) is 18.0 Å². The molecule has 1 amide bonds. The smallest absolute Gasteiger partial charge is 0.247 e. The minimum Gasteiger partial charge on any atom is -0.337 e. The number of piperidine rings is 1. The minimum atomic E-state index is -0.258.